The Bertz CT molecular complexity index is 1290. The number of ether oxygens (including phenoxy) is 2. The van der Waals surface area contributed by atoms with Crippen molar-refractivity contribution in [3.63, 3.8) is 0 Å². The third kappa shape index (κ3) is 4.27. The summed E-state index contributed by atoms with van der Waals surface area (Å²) in [6.07, 6.45) is -0.287. The van der Waals surface area contributed by atoms with Crippen molar-refractivity contribution in [2.75, 3.05) is 6.61 Å². The summed E-state index contributed by atoms with van der Waals surface area (Å²) in [6.45, 7) is 0.728. The van der Waals surface area contributed by atoms with Crippen LogP contribution in [0.5, 0.6) is 11.5 Å². The van der Waals surface area contributed by atoms with E-state index in [0.717, 1.165) is 11.3 Å². The first kappa shape index (κ1) is 20.0. The minimum Gasteiger partial charge on any atom is -0.486 e. The number of thioether (sulfide) groups is 1. The number of hydrogen-bond donors (Lipinski definition) is 0. The molecule has 4 aromatic rings. The quantitative estimate of drug-likeness (QED) is 0.309. The maximum atomic E-state index is 13.3. The largest absolute Gasteiger partial charge is 0.486 e. The molecule has 1 atom stereocenters. The number of aromatic nitrogens is 2. The topological polar surface area (TPSA) is 53.4 Å². The van der Waals surface area contributed by atoms with Crippen LogP contribution in [-0.2, 0) is 12.3 Å². The molecule has 7 heteroatoms. The Kier molecular flexibility index (Phi) is 5.57. The van der Waals surface area contributed by atoms with E-state index in [1.807, 2.05) is 72.8 Å². The van der Waals surface area contributed by atoms with Crippen LogP contribution in [0.3, 0.4) is 0 Å². The maximum Gasteiger partial charge on any atom is 0.262 e. The minimum absolute atomic E-state index is 0.0772. The van der Waals surface area contributed by atoms with Gasteiger partial charge in [0.25, 0.3) is 5.56 Å². The molecule has 2 heterocycles. The van der Waals surface area contributed by atoms with E-state index in [1.165, 1.54) is 11.8 Å². The van der Waals surface area contributed by atoms with Crippen LogP contribution in [0.15, 0.2) is 82.7 Å². The zero-order chi connectivity index (χ0) is 21.2. The summed E-state index contributed by atoms with van der Waals surface area (Å²) < 4.78 is 13.6. The lowest BCUT2D eigenvalue weighted by molar-refractivity contribution is 0.0757. The van der Waals surface area contributed by atoms with E-state index in [4.69, 9.17) is 26.1 Å². The van der Waals surface area contributed by atoms with Crippen LogP contribution in [0.1, 0.15) is 5.56 Å². The molecule has 0 radical (unpaired) electrons. The Labute approximate surface area is 188 Å². The van der Waals surface area contributed by atoms with Crippen molar-refractivity contribution >= 4 is 34.3 Å². The molecule has 156 valence electrons. The monoisotopic (exact) mass is 450 g/mol. The molecular formula is C24H19ClN2O3S. The van der Waals surface area contributed by atoms with Crippen LogP contribution in [-0.4, -0.2) is 22.3 Å². The number of halogens is 1. The molecule has 0 amide bonds. The Morgan fingerprint density at radius 1 is 1.00 bits per heavy atom. The number of benzene rings is 3. The fourth-order valence-electron chi connectivity index (χ4n) is 3.50. The van der Waals surface area contributed by atoms with E-state index >= 15 is 0 Å². The molecule has 5 rings (SSSR count). The van der Waals surface area contributed by atoms with E-state index in [2.05, 4.69) is 0 Å². The molecule has 3 aromatic carbocycles. The van der Waals surface area contributed by atoms with Gasteiger partial charge in [-0.1, -0.05) is 59.8 Å². The second-order valence-electron chi connectivity index (χ2n) is 7.24. The molecule has 1 aromatic heterocycles. The molecule has 0 spiro atoms. The van der Waals surface area contributed by atoms with Gasteiger partial charge in [-0.25, -0.2) is 4.98 Å². The lowest BCUT2D eigenvalue weighted by Crippen LogP contribution is -2.37. The fraction of sp³-hybridized carbons (Fsp3) is 0.167. The summed E-state index contributed by atoms with van der Waals surface area (Å²) in [7, 11) is 0. The smallest absolute Gasteiger partial charge is 0.262 e. The summed E-state index contributed by atoms with van der Waals surface area (Å²) in [4.78, 5) is 18.1. The lowest BCUT2D eigenvalue weighted by Gasteiger charge is -2.27. The van der Waals surface area contributed by atoms with Gasteiger partial charge in [0.1, 0.15) is 6.61 Å². The number of hydrogen-bond acceptors (Lipinski definition) is 5. The standard InChI is InChI=1S/C24H19ClN2O3S/c25-17-11-9-16(10-12-17)15-31-24-26-20-6-2-1-5-19(20)23(28)27(24)13-18-14-29-21-7-3-4-8-22(21)30-18/h1-12,18H,13-15H2/t18-/m0/s1. The zero-order valence-electron chi connectivity index (χ0n) is 16.5. The summed E-state index contributed by atoms with van der Waals surface area (Å²) in [5, 5.41) is 1.95. The normalized spacial score (nSPS) is 15.2. The van der Waals surface area contributed by atoms with Crippen LogP contribution in [0.25, 0.3) is 10.9 Å². The van der Waals surface area contributed by atoms with Gasteiger partial charge in [0.2, 0.25) is 0 Å². The second kappa shape index (κ2) is 8.65. The highest BCUT2D eigenvalue weighted by Crippen LogP contribution is 2.31. The van der Waals surface area contributed by atoms with Crippen molar-refractivity contribution in [3.8, 4) is 11.5 Å². The third-order valence-electron chi connectivity index (χ3n) is 5.06. The first-order chi connectivity index (χ1) is 15.2. The van der Waals surface area contributed by atoms with Crippen LogP contribution in [0, 0.1) is 0 Å². The molecule has 0 saturated carbocycles. The SMILES string of the molecule is O=c1c2ccccc2nc(SCc2ccc(Cl)cc2)n1C[C@H]1COc2ccccc2O1. The van der Waals surface area contributed by atoms with E-state index < -0.39 is 0 Å². The second-order valence-corrected chi connectivity index (χ2v) is 8.62. The first-order valence-electron chi connectivity index (χ1n) is 9.93. The molecule has 0 bridgehead atoms. The summed E-state index contributed by atoms with van der Waals surface area (Å²) >= 11 is 7.52. The molecular weight excluding hydrogens is 432 g/mol. The maximum absolute atomic E-state index is 13.3. The highest BCUT2D eigenvalue weighted by molar-refractivity contribution is 7.98. The van der Waals surface area contributed by atoms with E-state index in [-0.39, 0.29) is 11.7 Å². The number of nitrogens with zero attached hydrogens (tertiary/aromatic N) is 2. The predicted molar refractivity (Wildman–Crippen MR) is 123 cm³/mol. The Morgan fingerprint density at radius 2 is 1.74 bits per heavy atom. The average Bonchev–Trinajstić information content (AvgIpc) is 2.81. The van der Waals surface area contributed by atoms with Crippen molar-refractivity contribution < 1.29 is 9.47 Å². The van der Waals surface area contributed by atoms with Gasteiger partial charge in [-0.2, -0.15) is 0 Å². The van der Waals surface area contributed by atoms with Gasteiger partial charge in [-0.05, 0) is 42.0 Å². The van der Waals surface area contributed by atoms with Crippen molar-refractivity contribution in [3.05, 3.63) is 93.7 Å². The van der Waals surface area contributed by atoms with Gasteiger partial charge in [0.15, 0.2) is 22.8 Å². The predicted octanol–water partition coefficient (Wildman–Crippen LogP) is 5.18. The van der Waals surface area contributed by atoms with Gasteiger partial charge in [-0.3, -0.25) is 9.36 Å². The number of para-hydroxylation sites is 3. The highest BCUT2D eigenvalue weighted by atomic mass is 35.5. The number of fused-ring (bicyclic) bond motifs is 2. The molecule has 0 N–H and O–H groups in total. The molecule has 1 aliphatic rings. The van der Waals surface area contributed by atoms with Crippen LogP contribution >= 0.6 is 23.4 Å². The molecule has 0 aliphatic carbocycles. The number of rotatable bonds is 5. The summed E-state index contributed by atoms with van der Waals surface area (Å²) in [5.74, 6) is 2.09. The molecule has 0 unspecified atom stereocenters. The summed E-state index contributed by atoms with van der Waals surface area (Å²) in [6, 6.07) is 22.7. The van der Waals surface area contributed by atoms with Gasteiger partial charge in [0, 0.05) is 10.8 Å². The first-order valence-corrected chi connectivity index (χ1v) is 11.3. The van der Waals surface area contributed by atoms with Gasteiger partial charge < -0.3 is 9.47 Å². The Balaban J connectivity index is 1.46. The lowest BCUT2D eigenvalue weighted by atomic mass is 10.2. The Morgan fingerprint density at radius 3 is 2.58 bits per heavy atom. The zero-order valence-corrected chi connectivity index (χ0v) is 18.1. The minimum atomic E-state index is -0.287. The molecule has 31 heavy (non-hydrogen) atoms. The van der Waals surface area contributed by atoms with E-state index in [9.17, 15) is 4.79 Å². The van der Waals surface area contributed by atoms with Gasteiger partial charge in [-0.15, -0.1) is 0 Å². The van der Waals surface area contributed by atoms with Gasteiger partial charge in [0.05, 0.1) is 17.4 Å². The third-order valence-corrected chi connectivity index (χ3v) is 6.36. The fourth-order valence-corrected chi connectivity index (χ4v) is 4.59. The summed E-state index contributed by atoms with van der Waals surface area (Å²) in [5.41, 5.74) is 1.72. The van der Waals surface area contributed by atoms with Crippen molar-refractivity contribution in [1.29, 1.82) is 0 Å². The molecule has 0 fully saturated rings. The van der Waals surface area contributed by atoms with E-state index in [0.29, 0.717) is 45.7 Å². The van der Waals surface area contributed by atoms with Crippen molar-refractivity contribution in [2.45, 2.75) is 23.6 Å². The van der Waals surface area contributed by atoms with E-state index in [1.54, 1.807) is 4.57 Å². The van der Waals surface area contributed by atoms with Gasteiger partial charge >= 0.3 is 0 Å². The van der Waals surface area contributed by atoms with Crippen LogP contribution in [0.2, 0.25) is 5.02 Å². The molecule has 5 nitrogen and oxygen atoms in total. The highest BCUT2D eigenvalue weighted by Gasteiger charge is 2.23. The molecule has 1 aliphatic heterocycles. The van der Waals surface area contributed by atoms with Crippen molar-refractivity contribution in [1.82, 2.24) is 9.55 Å². The van der Waals surface area contributed by atoms with Crippen LogP contribution < -0.4 is 15.0 Å². The van der Waals surface area contributed by atoms with Crippen molar-refractivity contribution in [2.24, 2.45) is 0 Å². The average molecular weight is 451 g/mol. The molecule has 0 saturated heterocycles. The van der Waals surface area contributed by atoms with Crippen LogP contribution in [0.4, 0.5) is 0 Å². The Hall–Kier alpha value is -2.96.